The molecule has 0 radical (unpaired) electrons. The quantitative estimate of drug-likeness (QED) is 0.193. The van der Waals surface area contributed by atoms with Crippen LogP contribution in [0.1, 0.15) is 22.3 Å². The van der Waals surface area contributed by atoms with Crippen molar-refractivity contribution in [2.75, 3.05) is 0 Å². The van der Waals surface area contributed by atoms with Crippen molar-refractivity contribution in [2.45, 2.75) is 27.7 Å². The van der Waals surface area contributed by atoms with Crippen molar-refractivity contribution < 1.29 is 50.7 Å². The van der Waals surface area contributed by atoms with E-state index in [1.165, 1.54) is 66.1 Å². The molecule has 184 valence electrons. The average Bonchev–Trinajstić information content (AvgIpc) is 3.43. The summed E-state index contributed by atoms with van der Waals surface area (Å²) in [5, 5.41) is 5.28. The minimum Gasteiger partial charge on any atom is -1.00 e. The Labute approximate surface area is 252 Å². The zero-order valence-electron chi connectivity index (χ0n) is 21.6. The number of fused-ring (bicyclic) bond motifs is 2. The van der Waals surface area contributed by atoms with Crippen LogP contribution >= 0.6 is 0 Å². The van der Waals surface area contributed by atoms with E-state index in [0.717, 1.165) is 0 Å². The van der Waals surface area contributed by atoms with Gasteiger partial charge in [-0.05, 0) is 27.7 Å². The predicted molar refractivity (Wildman–Crippen MR) is 149 cm³/mol. The standard InChI is InChI=1S/2C17H15.2ClH.Hf/c2*1-12-7-13(2)9-16(8-12)17-10-14-5-3-4-6-15(14)11-17;;;/h2*3-11H,1-2H3;2*1H;/q2*-1;;;+4/p-2. The molecule has 0 N–H and O–H groups in total. The van der Waals surface area contributed by atoms with Gasteiger partial charge in [-0.1, -0.05) is 106 Å². The van der Waals surface area contributed by atoms with Crippen LogP contribution in [0.3, 0.4) is 0 Å². The Balaban J connectivity index is 0.000000241. The smallest absolute Gasteiger partial charge is 1.00 e. The Bertz CT molecular complexity index is 1380. The Hall–Kier alpha value is -2.45. The molecule has 0 bridgehead atoms. The van der Waals surface area contributed by atoms with Gasteiger partial charge in [-0.3, -0.25) is 0 Å². The molecule has 0 aromatic heterocycles. The molecule has 0 aliphatic heterocycles. The molecule has 0 unspecified atom stereocenters. The zero-order chi connectivity index (χ0) is 23.7. The van der Waals surface area contributed by atoms with Crippen LogP contribution in [0.5, 0.6) is 0 Å². The molecule has 0 amide bonds. The summed E-state index contributed by atoms with van der Waals surface area (Å²) in [5.74, 6) is 0. The number of hydrogen-bond donors (Lipinski definition) is 0. The molecule has 6 rings (SSSR count). The van der Waals surface area contributed by atoms with Gasteiger partial charge in [-0.25, -0.2) is 0 Å². The Morgan fingerprint density at radius 2 is 0.757 bits per heavy atom. The monoisotopic (exact) mass is 688 g/mol. The van der Waals surface area contributed by atoms with Crippen molar-refractivity contribution >= 4 is 21.5 Å². The van der Waals surface area contributed by atoms with Gasteiger partial charge < -0.3 is 24.8 Å². The summed E-state index contributed by atoms with van der Waals surface area (Å²) in [6, 6.07) is 39.5. The van der Waals surface area contributed by atoms with E-state index >= 15 is 0 Å². The number of benzene rings is 4. The van der Waals surface area contributed by atoms with Crippen LogP contribution in [-0.4, -0.2) is 0 Å². The summed E-state index contributed by atoms with van der Waals surface area (Å²) in [5.41, 5.74) is 10.6. The van der Waals surface area contributed by atoms with Gasteiger partial charge in [0.2, 0.25) is 0 Å². The Morgan fingerprint density at radius 1 is 0.432 bits per heavy atom. The van der Waals surface area contributed by atoms with Gasteiger partial charge in [-0.2, -0.15) is 0 Å². The molecule has 0 aliphatic carbocycles. The predicted octanol–water partition coefficient (Wildman–Crippen LogP) is 3.69. The minimum atomic E-state index is 0. The SMILES string of the molecule is Cc1cc(C)cc(-c2cc3ccccc3[cH-]2)c1.Cc1cc(C)cc(-c2cc3ccccc3[cH-]2)c1.[Cl-].[Cl-].[Hf+4]. The summed E-state index contributed by atoms with van der Waals surface area (Å²) in [6.07, 6.45) is 0. The normalized spacial score (nSPS) is 10.1. The van der Waals surface area contributed by atoms with Gasteiger partial charge in [0.05, 0.1) is 0 Å². The van der Waals surface area contributed by atoms with Crippen LogP contribution in [0.4, 0.5) is 0 Å². The molecule has 0 saturated carbocycles. The van der Waals surface area contributed by atoms with E-state index in [0.29, 0.717) is 0 Å². The van der Waals surface area contributed by atoms with Gasteiger partial charge in [-0.15, -0.1) is 69.1 Å². The van der Waals surface area contributed by atoms with Gasteiger partial charge in [0.25, 0.3) is 0 Å². The van der Waals surface area contributed by atoms with Crippen LogP contribution in [0.2, 0.25) is 0 Å². The van der Waals surface area contributed by atoms with Crippen molar-refractivity contribution in [3.8, 4) is 22.3 Å². The Kier molecular flexibility index (Phi) is 11.1. The van der Waals surface area contributed by atoms with E-state index < -0.39 is 0 Å². The van der Waals surface area contributed by atoms with Crippen molar-refractivity contribution in [3.05, 3.63) is 131 Å². The van der Waals surface area contributed by atoms with Gasteiger partial charge in [0.15, 0.2) is 0 Å². The van der Waals surface area contributed by atoms with Crippen LogP contribution in [0.25, 0.3) is 43.8 Å². The molecule has 0 saturated heterocycles. The largest absolute Gasteiger partial charge is 4.00 e. The summed E-state index contributed by atoms with van der Waals surface area (Å²) in [4.78, 5) is 0. The van der Waals surface area contributed by atoms with Gasteiger partial charge in [0, 0.05) is 0 Å². The second-order valence-corrected chi connectivity index (χ2v) is 9.50. The number of rotatable bonds is 2. The molecule has 6 aromatic rings. The summed E-state index contributed by atoms with van der Waals surface area (Å²) >= 11 is 0. The molecule has 6 aromatic carbocycles. The molecular weight excluding hydrogens is 658 g/mol. The molecule has 0 aliphatic rings. The van der Waals surface area contributed by atoms with E-state index in [4.69, 9.17) is 0 Å². The average molecular weight is 688 g/mol. The van der Waals surface area contributed by atoms with Crippen LogP contribution < -0.4 is 24.8 Å². The molecule has 37 heavy (non-hydrogen) atoms. The summed E-state index contributed by atoms with van der Waals surface area (Å²) in [6.45, 7) is 8.61. The van der Waals surface area contributed by atoms with Crippen molar-refractivity contribution in [1.29, 1.82) is 0 Å². The first kappa shape index (κ1) is 30.8. The third-order valence-corrected chi connectivity index (χ3v) is 6.35. The summed E-state index contributed by atoms with van der Waals surface area (Å²) < 4.78 is 0. The van der Waals surface area contributed by atoms with E-state index in [-0.39, 0.29) is 50.7 Å². The first-order valence-electron chi connectivity index (χ1n) is 11.9. The van der Waals surface area contributed by atoms with E-state index in [1.54, 1.807) is 0 Å². The van der Waals surface area contributed by atoms with Crippen LogP contribution in [-0.2, 0) is 25.8 Å². The molecule has 0 heterocycles. The van der Waals surface area contributed by atoms with Crippen LogP contribution in [0, 0.1) is 27.7 Å². The second-order valence-electron chi connectivity index (χ2n) is 9.50. The maximum atomic E-state index is 2.27. The van der Waals surface area contributed by atoms with E-state index in [1.807, 2.05) is 0 Å². The zero-order valence-corrected chi connectivity index (χ0v) is 26.8. The third-order valence-electron chi connectivity index (χ3n) is 6.35. The first-order chi connectivity index (χ1) is 16.4. The fraction of sp³-hybridized carbons (Fsp3) is 0.118. The fourth-order valence-corrected chi connectivity index (χ4v) is 4.92. The van der Waals surface area contributed by atoms with Crippen molar-refractivity contribution in [1.82, 2.24) is 0 Å². The summed E-state index contributed by atoms with van der Waals surface area (Å²) in [7, 11) is 0. The first-order valence-corrected chi connectivity index (χ1v) is 11.9. The molecule has 0 fully saturated rings. The third kappa shape index (κ3) is 7.32. The number of aryl methyl sites for hydroxylation is 4. The fourth-order valence-electron chi connectivity index (χ4n) is 4.92. The second kappa shape index (κ2) is 13.4. The molecular formula is C34H30Cl2Hf. The van der Waals surface area contributed by atoms with E-state index in [2.05, 4.69) is 137 Å². The van der Waals surface area contributed by atoms with Crippen molar-refractivity contribution in [3.63, 3.8) is 0 Å². The molecule has 0 atom stereocenters. The van der Waals surface area contributed by atoms with Gasteiger partial charge in [0.1, 0.15) is 0 Å². The van der Waals surface area contributed by atoms with E-state index in [9.17, 15) is 0 Å². The van der Waals surface area contributed by atoms with Crippen LogP contribution in [0.15, 0.2) is 109 Å². The van der Waals surface area contributed by atoms with Crippen molar-refractivity contribution in [2.24, 2.45) is 0 Å². The molecule has 3 heteroatoms. The minimum absolute atomic E-state index is 0. The Morgan fingerprint density at radius 3 is 1.08 bits per heavy atom. The topological polar surface area (TPSA) is 0 Å². The van der Waals surface area contributed by atoms with Gasteiger partial charge >= 0.3 is 25.8 Å². The number of halogens is 2. The molecule has 0 spiro atoms. The number of hydrogen-bond acceptors (Lipinski definition) is 0. The maximum absolute atomic E-state index is 2.27. The molecule has 0 nitrogen and oxygen atoms in total. The maximum Gasteiger partial charge on any atom is 4.00 e.